The maximum absolute atomic E-state index is 5.88. The van der Waals surface area contributed by atoms with Crippen molar-refractivity contribution < 1.29 is 4.74 Å². The van der Waals surface area contributed by atoms with Gasteiger partial charge in [-0.15, -0.1) is 0 Å². The average Bonchev–Trinajstić information content (AvgIpc) is 2.54. The Morgan fingerprint density at radius 1 is 1.33 bits per heavy atom. The lowest BCUT2D eigenvalue weighted by Crippen LogP contribution is -2.67. The number of hydrazine groups is 1. The summed E-state index contributed by atoms with van der Waals surface area (Å²) in [7, 11) is 1.73. The van der Waals surface area contributed by atoms with Gasteiger partial charge in [0.05, 0.1) is 7.11 Å². The zero-order valence-corrected chi connectivity index (χ0v) is 13.0. The van der Waals surface area contributed by atoms with Crippen molar-refractivity contribution >= 4 is 0 Å². The second-order valence-electron chi connectivity index (χ2n) is 6.20. The van der Waals surface area contributed by atoms with Gasteiger partial charge in [-0.3, -0.25) is 21.1 Å². The van der Waals surface area contributed by atoms with Crippen molar-refractivity contribution in [1.29, 1.82) is 0 Å². The first kappa shape index (κ1) is 14.8. The molecule has 5 heteroatoms. The Labute approximate surface area is 127 Å². The van der Waals surface area contributed by atoms with Crippen molar-refractivity contribution in [2.75, 3.05) is 39.8 Å². The Bertz CT molecular complexity index is 485. The number of piperazine rings is 3. The van der Waals surface area contributed by atoms with E-state index in [4.69, 9.17) is 10.6 Å². The van der Waals surface area contributed by atoms with Gasteiger partial charge < -0.3 is 4.74 Å². The van der Waals surface area contributed by atoms with E-state index in [1.54, 1.807) is 7.11 Å². The molecule has 3 aliphatic rings. The molecular formula is C16H26N4O. The van der Waals surface area contributed by atoms with Crippen molar-refractivity contribution in [3.05, 3.63) is 29.3 Å². The number of nitrogens with two attached hydrogens (primary N) is 1. The first-order valence-corrected chi connectivity index (χ1v) is 7.77. The second-order valence-corrected chi connectivity index (χ2v) is 6.20. The molecule has 3 N–H and O–H groups in total. The number of nitrogens with one attached hydrogen (secondary N) is 1. The third kappa shape index (κ3) is 3.06. The van der Waals surface area contributed by atoms with Crippen molar-refractivity contribution in [3.63, 3.8) is 0 Å². The predicted molar refractivity (Wildman–Crippen MR) is 84.3 cm³/mol. The molecule has 1 aromatic carbocycles. The second kappa shape index (κ2) is 6.32. The number of methoxy groups -OCH3 is 1. The molecule has 21 heavy (non-hydrogen) atoms. The van der Waals surface area contributed by atoms with Crippen LogP contribution in [0.5, 0.6) is 5.75 Å². The topological polar surface area (TPSA) is 53.8 Å². The lowest BCUT2D eigenvalue weighted by Gasteiger charge is -2.50. The van der Waals surface area contributed by atoms with Gasteiger partial charge in [0.2, 0.25) is 0 Å². The molecule has 3 aliphatic heterocycles. The Balaban J connectivity index is 1.77. The van der Waals surface area contributed by atoms with Crippen LogP contribution in [0.4, 0.5) is 0 Å². The highest BCUT2D eigenvalue weighted by Crippen LogP contribution is 2.25. The first-order valence-electron chi connectivity index (χ1n) is 7.77. The maximum atomic E-state index is 5.88. The highest BCUT2D eigenvalue weighted by atomic mass is 16.5. The normalized spacial score (nSPS) is 29.4. The molecule has 0 radical (unpaired) electrons. The molecule has 116 valence electrons. The smallest absolute Gasteiger partial charge is 0.122 e. The SMILES string of the molecule is COc1ccc(C)cc1CC(NN)C1CN2CCN1CC2. The number of ether oxygens (including phenoxy) is 1. The van der Waals surface area contributed by atoms with Crippen molar-refractivity contribution in [1.82, 2.24) is 15.2 Å². The summed E-state index contributed by atoms with van der Waals surface area (Å²) in [5.74, 6) is 6.83. The van der Waals surface area contributed by atoms with E-state index >= 15 is 0 Å². The largest absolute Gasteiger partial charge is 0.496 e. The van der Waals surface area contributed by atoms with Gasteiger partial charge in [0.25, 0.3) is 0 Å². The molecule has 2 unspecified atom stereocenters. The van der Waals surface area contributed by atoms with E-state index in [2.05, 4.69) is 40.3 Å². The number of nitrogens with zero attached hydrogens (tertiary/aromatic N) is 2. The summed E-state index contributed by atoms with van der Waals surface area (Å²) in [6.45, 7) is 7.94. The van der Waals surface area contributed by atoms with Gasteiger partial charge in [0.15, 0.2) is 0 Å². The summed E-state index contributed by atoms with van der Waals surface area (Å²) in [5.41, 5.74) is 5.55. The molecule has 3 heterocycles. The van der Waals surface area contributed by atoms with Gasteiger partial charge in [-0.1, -0.05) is 17.7 Å². The maximum Gasteiger partial charge on any atom is 0.122 e. The summed E-state index contributed by atoms with van der Waals surface area (Å²) in [6.07, 6.45) is 0.899. The Morgan fingerprint density at radius 2 is 2.10 bits per heavy atom. The average molecular weight is 290 g/mol. The molecule has 5 nitrogen and oxygen atoms in total. The van der Waals surface area contributed by atoms with E-state index in [1.807, 2.05) is 0 Å². The minimum Gasteiger partial charge on any atom is -0.496 e. The van der Waals surface area contributed by atoms with E-state index in [-0.39, 0.29) is 6.04 Å². The minimum atomic E-state index is 0.254. The van der Waals surface area contributed by atoms with Crippen molar-refractivity contribution in [3.8, 4) is 5.75 Å². The molecule has 0 spiro atoms. The summed E-state index contributed by atoms with van der Waals surface area (Å²) in [4.78, 5) is 5.12. The minimum absolute atomic E-state index is 0.254. The molecular weight excluding hydrogens is 264 g/mol. The number of rotatable bonds is 5. The Hall–Kier alpha value is -1.14. The van der Waals surface area contributed by atoms with E-state index < -0.39 is 0 Å². The van der Waals surface area contributed by atoms with Gasteiger partial charge in [0.1, 0.15) is 5.75 Å². The van der Waals surface area contributed by atoms with Gasteiger partial charge in [-0.2, -0.15) is 0 Å². The number of aryl methyl sites for hydroxylation is 1. The molecule has 0 aliphatic carbocycles. The Morgan fingerprint density at radius 3 is 2.67 bits per heavy atom. The van der Waals surface area contributed by atoms with E-state index in [0.29, 0.717) is 6.04 Å². The van der Waals surface area contributed by atoms with Gasteiger partial charge in [-0.05, 0) is 25.0 Å². The molecule has 3 fully saturated rings. The van der Waals surface area contributed by atoms with Crippen LogP contribution in [0.15, 0.2) is 18.2 Å². The van der Waals surface area contributed by atoms with E-state index in [0.717, 1.165) is 31.8 Å². The number of fused-ring (bicyclic) bond motifs is 3. The zero-order chi connectivity index (χ0) is 14.8. The van der Waals surface area contributed by atoms with Crippen LogP contribution in [0.2, 0.25) is 0 Å². The summed E-state index contributed by atoms with van der Waals surface area (Å²) >= 11 is 0. The van der Waals surface area contributed by atoms with Crippen LogP contribution in [-0.2, 0) is 6.42 Å². The standard InChI is InChI=1S/C16H26N4O/c1-12-3-4-16(21-2)13(9-12)10-14(18-17)15-11-19-5-7-20(15)8-6-19/h3-4,9,14-15,18H,5-8,10-11,17H2,1-2H3. The summed E-state index contributed by atoms with van der Waals surface area (Å²) in [5, 5.41) is 0. The number of benzene rings is 1. The third-order valence-electron chi connectivity index (χ3n) is 4.88. The van der Waals surface area contributed by atoms with Gasteiger partial charge in [-0.25, -0.2) is 0 Å². The third-order valence-corrected chi connectivity index (χ3v) is 4.88. The van der Waals surface area contributed by atoms with E-state index in [9.17, 15) is 0 Å². The lowest BCUT2D eigenvalue weighted by molar-refractivity contribution is -0.00321. The zero-order valence-electron chi connectivity index (χ0n) is 13.0. The highest BCUT2D eigenvalue weighted by molar-refractivity contribution is 5.37. The summed E-state index contributed by atoms with van der Waals surface area (Å²) < 4.78 is 5.50. The molecule has 2 bridgehead atoms. The fourth-order valence-corrected chi connectivity index (χ4v) is 3.65. The van der Waals surface area contributed by atoms with Crippen molar-refractivity contribution in [2.45, 2.75) is 25.4 Å². The number of hydrogen-bond donors (Lipinski definition) is 2. The predicted octanol–water partition coefficient (Wildman–Crippen LogP) is 0.378. The van der Waals surface area contributed by atoms with Crippen LogP contribution < -0.4 is 16.0 Å². The molecule has 4 rings (SSSR count). The van der Waals surface area contributed by atoms with Gasteiger partial charge in [0, 0.05) is 44.8 Å². The van der Waals surface area contributed by atoms with Crippen LogP contribution in [-0.4, -0.2) is 61.7 Å². The molecule has 2 atom stereocenters. The van der Waals surface area contributed by atoms with Crippen LogP contribution in [0.3, 0.4) is 0 Å². The fourth-order valence-electron chi connectivity index (χ4n) is 3.65. The molecule has 3 saturated heterocycles. The molecule has 0 saturated carbocycles. The molecule has 0 aromatic heterocycles. The quantitative estimate of drug-likeness (QED) is 0.606. The van der Waals surface area contributed by atoms with Crippen LogP contribution in [0, 0.1) is 6.92 Å². The molecule has 0 amide bonds. The van der Waals surface area contributed by atoms with E-state index in [1.165, 1.54) is 24.2 Å². The molecule has 1 aromatic rings. The number of hydrogen-bond acceptors (Lipinski definition) is 5. The summed E-state index contributed by atoms with van der Waals surface area (Å²) in [6, 6.07) is 7.09. The Kier molecular flexibility index (Phi) is 4.45. The fraction of sp³-hybridized carbons (Fsp3) is 0.625. The van der Waals surface area contributed by atoms with Crippen LogP contribution in [0.1, 0.15) is 11.1 Å². The highest BCUT2D eigenvalue weighted by Gasteiger charge is 2.36. The van der Waals surface area contributed by atoms with Crippen LogP contribution >= 0.6 is 0 Å². The van der Waals surface area contributed by atoms with Crippen molar-refractivity contribution in [2.24, 2.45) is 5.84 Å². The first-order chi connectivity index (χ1) is 10.2. The monoisotopic (exact) mass is 290 g/mol. The van der Waals surface area contributed by atoms with Gasteiger partial charge >= 0.3 is 0 Å². The van der Waals surface area contributed by atoms with Crippen LogP contribution in [0.25, 0.3) is 0 Å². The lowest BCUT2D eigenvalue weighted by atomic mass is 9.94.